The Balaban J connectivity index is 2.40. The smallest absolute Gasteiger partial charge is 0.282 e. The number of hydrogen-bond donors (Lipinski definition) is 2. The number of sulfonamides is 1. The van der Waals surface area contributed by atoms with E-state index in [4.69, 9.17) is 5.73 Å². The summed E-state index contributed by atoms with van der Waals surface area (Å²) in [6, 6.07) is 8.62. The molecule has 1 aromatic heterocycles. The summed E-state index contributed by atoms with van der Waals surface area (Å²) in [5.74, 6) is -0.917. The Morgan fingerprint density at radius 1 is 1.17 bits per heavy atom. The van der Waals surface area contributed by atoms with Crippen LogP contribution in [0.15, 0.2) is 47.6 Å². The van der Waals surface area contributed by atoms with Crippen LogP contribution in [0.25, 0.3) is 0 Å². The maximum atomic E-state index is 13.4. The van der Waals surface area contributed by atoms with Gasteiger partial charge in [-0.25, -0.2) is 9.37 Å². The first-order valence-electron chi connectivity index (χ1n) is 4.98. The highest BCUT2D eigenvalue weighted by molar-refractivity contribution is 7.92. The minimum atomic E-state index is -4.08. The van der Waals surface area contributed by atoms with Crippen molar-refractivity contribution in [1.82, 2.24) is 4.98 Å². The van der Waals surface area contributed by atoms with E-state index in [-0.39, 0.29) is 11.4 Å². The molecule has 0 amide bonds. The fraction of sp³-hybridized carbons (Fsp3) is 0. The quantitative estimate of drug-likeness (QED) is 0.827. The van der Waals surface area contributed by atoms with E-state index in [1.165, 1.54) is 24.4 Å². The number of para-hydroxylation sites is 2. The zero-order valence-electron chi connectivity index (χ0n) is 9.17. The molecule has 0 fully saturated rings. The van der Waals surface area contributed by atoms with Crippen LogP contribution in [-0.2, 0) is 10.0 Å². The van der Waals surface area contributed by atoms with Crippen molar-refractivity contribution in [3.63, 3.8) is 0 Å². The van der Waals surface area contributed by atoms with Gasteiger partial charge in [0.2, 0.25) is 5.03 Å². The Morgan fingerprint density at radius 3 is 2.56 bits per heavy atom. The van der Waals surface area contributed by atoms with Gasteiger partial charge in [-0.3, -0.25) is 4.72 Å². The van der Waals surface area contributed by atoms with Crippen LogP contribution in [0.4, 0.5) is 15.8 Å². The molecule has 1 heterocycles. The lowest BCUT2D eigenvalue weighted by Gasteiger charge is -2.09. The van der Waals surface area contributed by atoms with Crippen LogP contribution >= 0.6 is 0 Å². The Bertz CT molecular complexity index is 673. The van der Waals surface area contributed by atoms with Crippen molar-refractivity contribution in [2.24, 2.45) is 0 Å². The van der Waals surface area contributed by atoms with E-state index in [0.29, 0.717) is 0 Å². The molecule has 18 heavy (non-hydrogen) atoms. The van der Waals surface area contributed by atoms with Crippen LogP contribution < -0.4 is 10.5 Å². The van der Waals surface area contributed by atoms with Gasteiger partial charge in [-0.1, -0.05) is 12.1 Å². The van der Waals surface area contributed by atoms with Gasteiger partial charge >= 0.3 is 0 Å². The molecular formula is C11H10FN3O2S. The lowest BCUT2D eigenvalue weighted by Crippen LogP contribution is -2.17. The maximum Gasteiger partial charge on any atom is 0.282 e. The minimum absolute atomic E-state index is 0.183. The maximum absolute atomic E-state index is 13.4. The number of halogens is 1. The number of pyridine rings is 1. The molecule has 0 spiro atoms. The molecule has 5 nitrogen and oxygen atoms in total. The molecule has 1 aromatic carbocycles. The summed E-state index contributed by atoms with van der Waals surface area (Å²) in [6.07, 6.45) is 1.20. The molecule has 0 unspecified atom stereocenters. The van der Waals surface area contributed by atoms with Crippen LogP contribution in [0, 0.1) is 5.82 Å². The van der Waals surface area contributed by atoms with Gasteiger partial charge in [0, 0.05) is 6.20 Å². The largest absolute Gasteiger partial charge is 0.397 e. The highest BCUT2D eigenvalue weighted by atomic mass is 32.2. The van der Waals surface area contributed by atoms with Crippen LogP contribution in [0.3, 0.4) is 0 Å². The molecule has 2 aromatic rings. The van der Waals surface area contributed by atoms with Crippen LogP contribution in [0.1, 0.15) is 0 Å². The highest BCUT2D eigenvalue weighted by Gasteiger charge is 2.21. The molecular weight excluding hydrogens is 257 g/mol. The Kier molecular flexibility index (Phi) is 3.15. The van der Waals surface area contributed by atoms with Gasteiger partial charge < -0.3 is 5.73 Å². The van der Waals surface area contributed by atoms with E-state index in [0.717, 1.165) is 6.07 Å². The molecule has 94 valence electrons. The summed E-state index contributed by atoms with van der Waals surface area (Å²) < 4.78 is 39.4. The summed E-state index contributed by atoms with van der Waals surface area (Å²) in [6.45, 7) is 0. The van der Waals surface area contributed by atoms with Crippen molar-refractivity contribution in [3.05, 3.63) is 48.4 Å². The normalized spacial score (nSPS) is 11.2. The predicted octanol–water partition coefficient (Wildman–Crippen LogP) is 1.60. The van der Waals surface area contributed by atoms with Gasteiger partial charge in [-0.2, -0.15) is 8.42 Å². The number of nitrogens with one attached hydrogen (secondary N) is 1. The van der Waals surface area contributed by atoms with E-state index in [1.807, 2.05) is 0 Å². The van der Waals surface area contributed by atoms with Gasteiger partial charge in [0.15, 0.2) is 5.82 Å². The van der Waals surface area contributed by atoms with Crippen LogP contribution in [0.5, 0.6) is 0 Å². The molecule has 0 radical (unpaired) electrons. The second-order valence-electron chi connectivity index (χ2n) is 3.48. The average molecular weight is 267 g/mol. The highest BCUT2D eigenvalue weighted by Crippen LogP contribution is 2.21. The lowest BCUT2D eigenvalue weighted by molar-refractivity contribution is 0.557. The van der Waals surface area contributed by atoms with E-state index >= 15 is 0 Å². The molecule has 0 aliphatic heterocycles. The number of anilines is 2. The number of benzene rings is 1. The third kappa shape index (κ3) is 2.40. The van der Waals surface area contributed by atoms with E-state index in [1.54, 1.807) is 12.1 Å². The first-order valence-corrected chi connectivity index (χ1v) is 6.47. The summed E-state index contributed by atoms with van der Waals surface area (Å²) in [5.41, 5.74) is 6.03. The molecule has 0 aliphatic carbocycles. The summed E-state index contributed by atoms with van der Waals surface area (Å²) in [4.78, 5) is 3.51. The van der Waals surface area contributed by atoms with Crippen molar-refractivity contribution >= 4 is 21.4 Å². The average Bonchev–Trinajstić information content (AvgIpc) is 2.32. The summed E-state index contributed by atoms with van der Waals surface area (Å²) in [7, 11) is -4.08. The van der Waals surface area contributed by atoms with E-state index in [2.05, 4.69) is 9.71 Å². The molecule has 0 saturated heterocycles. The minimum Gasteiger partial charge on any atom is -0.397 e. The Hall–Kier alpha value is -2.15. The lowest BCUT2D eigenvalue weighted by atomic mass is 10.3. The number of nitrogens with zero attached hydrogens (tertiary/aromatic N) is 1. The van der Waals surface area contributed by atoms with Gasteiger partial charge in [0.1, 0.15) is 0 Å². The van der Waals surface area contributed by atoms with E-state index < -0.39 is 20.9 Å². The topological polar surface area (TPSA) is 85.1 Å². The van der Waals surface area contributed by atoms with Gasteiger partial charge in [0.05, 0.1) is 11.4 Å². The van der Waals surface area contributed by atoms with Crippen molar-refractivity contribution in [2.45, 2.75) is 5.03 Å². The van der Waals surface area contributed by atoms with Gasteiger partial charge in [-0.05, 0) is 24.3 Å². The van der Waals surface area contributed by atoms with Crippen molar-refractivity contribution in [1.29, 1.82) is 0 Å². The molecule has 0 atom stereocenters. The number of aromatic nitrogens is 1. The zero-order valence-corrected chi connectivity index (χ0v) is 9.99. The molecule has 0 saturated carbocycles. The first kappa shape index (κ1) is 12.3. The SMILES string of the molecule is Nc1ccccc1NS(=O)(=O)c1ncccc1F. The number of nitrogens with two attached hydrogens (primary N) is 1. The standard InChI is InChI=1S/C11H10FN3O2S/c12-8-4-3-7-14-11(8)18(16,17)15-10-6-2-1-5-9(10)13/h1-7,15H,13H2. The second kappa shape index (κ2) is 4.61. The van der Waals surface area contributed by atoms with Crippen molar-refractivity contribution in [3.8, 4) is 0 Å². The monoisotopic (exact) mass is 267 g/mol. The molecule has 7 heteroatoms. The van der Waals surface area contributed by atoms with Crippen LogP contribution in [-0.4, -0.2) is 13.4 Å². The Labute approximate surface area is 104 Å². The fourth-order valence-electron chi connectivity index (χ4n) is 1.35. The third-order valence-corrected chi connectivity index (χ3v) is 3.48. The van der Waals surface area contributed by atoms with Crippen molar-refractivity contribution < 1.29 is 12.8 Å². The predicted molar refractivity (Wildman–Crippen MR) is 65.9 cm³/mol. The number of rotatable bonds is 3. The first-order chi connectivity index (χ1) is 8.50. The third-order valence-electron chi connectivity index (χ3n) is 2.18. The van der Waals surface area contributed by atoms with Crippen LogP contribution in [0.2, 0.25) is 0 Å². The zero-order chi connectivity index (χ0) is 13.2. The molecule has 0 aliphatic rings. The Morgan fingerprint density at radius 2 is 1.89 bits per heavy atom. The number of nitrogen functional groups attached to an aromatic ring is 1. The van der Waals surface area contributed by atoms with Crippen molar-refractivity contribution in [2.75, 3.05) is 10.5 Å². The fourth-order valence-corrected chi connectivity index (χ4v) is 2.45. The number of hydrogen-bond acceptors (Lipinski definition) is 4. The van der Waals surface area contributed by atoms with Gasteiger partial charge in [-0.15, -0.1) is 0 Å². The second-order valence-corrected chi connectivity index (χ2v) is 5.08. The molecule has 0 bridgehead atoms. The summed E-state index contributed by atoms with van der Waals surface area (Å²) >= 11 is 0. The van der Waals surface area contributed by atoms with E-state index in [9.17, 15) is 12.8 Å². The molecule has 3 N–H and O–H groups in total. The summed E-state index contributed by atoms with van der Waals surface area (Å²) in [5, 5.41) is -0.659. The van der Waals surface area contributed by atoms with Gasteiger partial charge in [0.25, 0.3) is 10.0 Å². The molecule has 2 rings (SSSR count).